The second kappa shape index (κ2) is 4.21. The van der Waals surface area contributed by atoms with E-state index in [1.807, 2.05) is 0 Å². The van der Waals surface area contributed by atoms with Gasteiger partial charge in [0.25, 0.3) is 0 Å². The third kappa shape index (κ3) is 2.15. The van der Waals surface area contributed by atoms with Crippen molar-refractivity contribution in [2.45, 2.75) is 18.9 Å². The predicted molar refractivity (Wildman–Crippen MR) is 43.1 cm³/mol. The van der Waals surface area contributed by atoms with Gasteiger partial charge in [-0.15, -0.1) is 0 Å². The van der Waals surface area contributed by atoms with Crippen LogP contribution in [0.1, 0.15) is 12.8 Å². The summed E-state index contributed by atoms with van der Waals surface area (Å²) in [7, 11) is 0. The average molecular weight is 162 g/mol. The Bertz CT molecular complexity index is 95.6. The molecule has 0 amide bonds. The van der Waals surface area contributed by atoms with E-state index in [2.05, 4.69) is 0 Å². The predicted octanol–water partition coefficient (Wildman–Crippen LogP) is 0.483. The lowest BCUT2D eigenvalue weighted by molar-refractivity contribution is 0.103. The molecule has 2 atom stereocenters. The van der Waals surface area contributed by atoms with Gasteiger partial charge < -0.3 is 10.2 Å². The number of thioether (sulfide) groups is 1. The molecule has 0 spiro atoms. The highest BCUT2D eigenvalue weighted by Gasteiger charge is 2.22. The first-order valence-corrected chi connectivity index (χ1v) is 4.86. The molecule has 2 N–H and O–H groups in total. The maximum Gasteiger partial charge on any atom is 0.0659 e. The second-order valence-corrected chi connectivity index (χ2v) is 3.85. The highest BCUT2D eigenvalue weighted by molar-refractivity contribution is 7.99. The minimum absolute atomic E-state index is 0.175. The molecule has 60 valence electrons. The second-order valence-electron chi connectivity index (χ2n) is 2.70. The molecule has 1 fully saturated rings. The van der Waals surface area contributed by atoms with Gasteiger partial charge in [-0.05, 0) is 24.5 Å². The lowest BCUT2D eigenvalue weighted by Crippen LogP contribution is -2.28. The van der Waals surface area contributed by atoms with E-state index in [1.165, 1.54) is 0 Å². The maximum absolute atomic E-state index is 9.37. The summed E-state index contributed by atoms with van der Waals surface area (Å²) in [5, 5.41) is 18.0. The van der Waals surface area contributed by atoms with Gasteiger partial charge in [0.15, 0.2) is 0 Å². The quantitative estimate of drug-likeness (QED) is 0.620. The van der Waals surface area contributed by atoms with Crippen LogP contribution in [0.5, 0.6) is 0 Å². The Kier molecular flexibility index (Phi) is 3.52. The van der Waals surface area contributed by atoms with Crippen LogP contribution in [0, 0.1) is 5.92 Å². The molecule has 1 saturated heterocycles. The molecule has 0 saturated carbocycles. The summed E-state index contributed by atoms with van der Waals surface area (Å²) >= 11 is 1.80. The number of aliphatic hydroxyl groups is 2. The molecule has 0 radical (unpaired) electrons. The monoisotopic (exact) mass is 162 g/mol. The Morgan fingerprint density at radius 3 is 2.90 bits per heavy atom. The number of rotatable bonds is 2. The third-order valence-corrected chi connectivity index (χ3v) is 3.07. The molecular weight excluding hydrogens is 148 g/mol. The fraction of sp³-hybridized carbons (Fsp3) is 1.00. The number of aliphatic hydroxyl groups excluding tert-OH is 2. The van der Waals surface area contributed by atoms with Crippen LogP contribution in [-0.4, -0.2) is 34.4 Å². The van der Waals surface area contributed by atoms with E-state index >= 15 is 0 Å². The standard InChI is InChI=1S/C7H14O2S/c8-3-1-6-2-4-10-5-7(6)9/h6-9H,1-5H2. The number of hydrogen-bond acceptors (Lipinski definition) is 3. The highest BCUT2D eigenvalue weighted by atomic mass is 32.2. The van der Waals surface area contributed by atoms with E-state index in [1.54, 1.807) is 11.8 Å². The molecule has 0 aromatic rings. The van der Waals surface area contributed by atoms with E-state index < -0.39 is 0 Å². The van der Waals surface area contributed by atoms with Crippen LogP contribution in [0.3, 0.4) is 0 Å². The van der Waals surface area contributed by atoms with Crippen molar-refractivity contribution < 1.29 is 10.2 Å². The van der Waals surface area contributed by atoms with E-state index in [-0.39, 0.29) is 12.7 Å². The van der Waals surface area contributed by atoms with Crippen molar-refractivity contribution in [3.05, 3.63) is 0 Å². The van der Waals surface area contributed by atoms with Crippen molar-refractivity contribution in [1.82, 2.24) is 0 Å². The Balaban J connectivity index is 2.25. The molecule has 3 heteroatoms. The molecule has 2 unspecified atom stereocenters. The Morgan fingerprint density at radius 2 is 2.30 bits per heavy atom. The summed E-state index contributed by atoms with van der Waals surface area (Å²) in [4.78, 5) is 0. The van der Waals surface area contributed by atoms with Gasteiger partial charge in [-0.3, -0.25) is 0 Å². The molecule has 0 aromatic carbocycles. The van der Waals surface area contributed by atoms with Crippen molar-refractivity contribution >= 4 is 11.8 Å². The zero-order chi connectivity index (χ0) is 7.40. The summed E-state index contributed by atoms with van der Waals surface area (Å²) in [6.45, 7) is 0.215. The maximum atomic E-state index is 9.37. The summed E-state index contributed by atoms with van der Waals surface area (Å²) in [6.07, 6.45) is 1.65. The van der Waals surface area contributed by atoms with Gasteiger partial charge in [-0.25, -0.2) is 0 Å². The SMILES string of the molecule is OCCC1CCSCC1O. The van der Waals surface area contributed by atoms with E-state index in [0.29, 0.717) is 5.92 Å². The van der Waals surface area contributed by atoms with Crippen molar-refractivity contribution in [3.63, 3.8) is 0 Å². The van der Waals surface area contributed by atoms with E-state index in [4.69, 9.17) is 5.11 Å². The smallest absolute Gasteiger partial charge is 0.0659 e. The Morgan fingerprint density at radius 1 is 1.50 bits per heavy atom. The summed E-state index contributed by atoms with van der Waals surface area (Å²) in [5.41, 5.74) is 0. The summed E-state index contributed by atoms with van der Waals surface area (Å²) < 4.78 is 0. The zero-order valence-corrected chi connectivity index (χ0v) is 6.81. The van der Waals surface area contributed by atoms with Crippen molar-refractivity contribution in [1.29, 1.82) is 0 Å². The van der Waals surface area contributed by atoms with Crippen LogP contribution in [0.25, 0.3) is 0 Å². The molecule has 0 aromatic heterocycles. The van der Waals surface area contributed by atoms with Crippen LogP contribution in [0.4, 0.5) is 0 Å². The largest absolute Gasteiger partial charge is 0.396 e. The first kappa shape index (κ1) is 8.37. The van der Waals surface area contributed by atoms with Crippen LogP contribution >= 0.6 is 11.8 Å². The lowest BCUT2D eigenvalue weighted by Gasteiger charge is -2.26. The third-order valence-electron chi connectivity index (χ3n) is 1.97. The normalized spacial score (nSPS) is 34.2. The fourth-order valence-corrected chi connectivity index (χ4v) is 2.42. The van der Waals surface area contributed by atoms with Gasteiger partial charge in [-0.1, -0.05) is 0 Å². The Hall–Kier alpha value is 0.270. The average Bonchev–Trinajstić information content (AvgIpc) is 1.94. The van der Waals surface area contributed by atoms with Gasteiger partial charge in [-0.2, -0.15) is 11.8 Å². The molecule has 0 aliphatic carbocycles. The fourth-order valence-electron chi connectivity index (χ4n) is 1.27. The molecule has 2 nitrogen and oxygen atoms in total. The molecular formula is C7H14O2S. The number of hydrogen-bond donors (Lipinski definition) is 2. The zero-order valence-electron chi connectivity index (χ0n) is 5.99. The van der Waals surface area contributed by atoms with Gasteiger partial charge in [0, 0.05) is 12.4 Å². The van der Waals surface area contributed by atoms with Crippen molar-refractivity contribution in [2.24, 2.45) is 5.92 Å². The molecule has 0 bridgehead atoms. The molecule has 1 heterocycles. The topological polar surface area (TPSA) is 40.5 Å². The van der Waals surface area contributed by atoms with Crippen LogP contribution in [0.15, 0.2) is 0 Å². The van der Waals surface area contributed by atoms with Gasteiger partial charge in [0.2, 0.25) is 0 Å². The van der Waals surface area contributed by atoms with Crippen LogP contribution in [-0.2, 0) is 0 Å². The van der Waals surface area contributed by atoms with Gasteiger partial charge in [0.05, 0.1) is 6.10 Å². The Labute approximate surface area is 65.6 Å². The van der Waals surface area contributed by atoms with Crippen molar-refractivity contribution in [2.75, 3.05) is 18.1 Å². The molecule has 1 aliphatic rings. The van der Waals surface area contributed by atoms with Gasteiger partial charge in [0.1, 0.15) is 0 Å². The molecule has 10 heavy (non-hydrogen) atoms. The van der Waals surface area contributed by atoms with Crippen LogP contribution < -0.4 is 0 Å². The lowest BCUT2D eigenvalue weighted by atomic mass is 9.97. The van der Waals surface area contributed by atoms with E-state index in [0.717, 1.165) is 24.3 Å². The minimum Gasteiger partial charge on any atom is -0.396 e. The first-order valence-electron chi connectivity index (χ1n) is 3.71. The van der Waals surface area contributed by atoms with Crippen LogP contribution in [0.2, 0.25) is 0 Å². The first-order chi connectivity index (χ1) is 4.84. The van der Waals surface area contributed by atoms with E-state index in [9.17, 15) is 5.11 Å². The van der Waals surface area contributed by atoms with Crippen molar-refractivity contribution in [3.8, 4) is 0 Å². The molecule has 1 rings (SSSR count). The highest BCUT2D eigenvalue weighted by Crippen LogP contribution is 2.25. The summed E-state index contributed by atoms with van der Waals surface area (Å²) in [5.74, 6) is 2.35. The minimum atomic E-state index is -0.175. The van der Waals surface area contributed by atoms with Gasteiger partial charge >= 0.3 is 0 Å². The summed E-state index contributed by atoms with van der Waals surface area (Å²) in [6, 6.07) is 0. The molecule has 1 aliphatic heterocycles.